The fraction of sp³-hybridized carbons (Fsp3) is 0.355. The van der Waals surface area contributed by atoms with E-state index in [2.05, 4.69) is 36.1 Å². The zero-order valence-electron chi connectivity index (χ0n) is 21.7. The molecule has 0 spiro atoms. The molecule has 6 heteroatoms. The fourth-order valence-electron chi connectivity index (χ4n) is 4.74. The lowest BCUT2D eigenvalue weighted by molar-refractivity contribution is -0.151. The number of likely N-dealkylation sites (tertiary alicyclic amines) is 1. The number of benzene rings is 3. The van der Waals surface area contributed by atoms with Gasteiger partial charge in [0.2, 0.25) is 5.91 Å². The number of nitrogens with zero attached hydrogens (tertiary/aromatic N) is 2. The molecule has 0 unspecified atom stereocenters. The van der Waals surface area contributed by atoms with Gasteiger partial charge in [-0.15, -0.1) is 0 Å². The van der Waals surface area contributed by atoms with E-state index in [1.165, 1.54) is 17.2 Å². The van der Waals surface area contributed by atoms with Crippen LogP contribution in [0.5, 0.6) is 0 Å². The zero-order chi connectivity index (χ0) is 26.2. The maximum Gasteiger partial charge on any atom is 0.309 e. The molecule has 0 N–H and O–H groups in total. The highest BCUT2D eigenvalue weighted by molar-refractivity contribution is 5.79. The number of halogens is 1. The first-order valence-electron chi connectivity index (χ1n) is 13.0. The van der Waals surface area contributed by atoms with Crippen molar-refractivity contribution in [3.63, 3.8) is 0 Å². The van der Waals surface area contributed by atoms with Crippen molar-refractivity contribution in [1.82, 2.24) is 4.90 Å². The molecule has 1 amide bonds. The minimum absolute atomic E-state index is 0.0753. The Balaban J connectivity index is 1.41. The quantitative estimate of drug-likeness (QED) is 0.353. The fourth-order valence-corrected chi connectivity index (χ4v) is 4.74. The van der Waals surface area contributed by atoms with Gasteiger partial charge in [0.15, 0.2) is 0 Å². The minimum Gasteiger partial charge on any atom is -0.466 e. The van der Waals surface area contributed by atoms with E-state index < -0.39 is 0 Å². The smallest absolute Gasteiger partial charge is 0.309 e. The number of ether oxygens (including phenoxy) is 1. The SMILES string of the molecule is CCOC(=O)C1CCN(C(=O)Cc2ccc(N(Cc3ccc(C)cc3)Cc3cccc(F)c3)cc2)CC1. The van der Waals surface area contributed by atoms with Crippen LogP contribution in [0.15, 0.2) is 72.8 Å². The topological polar surface area (TPSA) is 49.9 Å². The lowest BCUT2D eigenvalue weighted by Crippen LogP contribution is -2.41. The van der Waals surface area contributed by atoms with Crippen LogP contribution in [-0.2, 0) is 33.8 Å². The maximum absolute atomic E-state index is 13.8. The van der Waals surface area contributed by atoms with E-state index in [-0.39, 0.29) is 23.6 Å². The number of aryl methyl sites for hydroxylation is 1. The average molecular weight is 503 g/mol. The Morgan fingerprint density at radius 1 is 0.919 bits per heavy atom. The van der Waals surface area contributed by atoms with Crippen LogP contribution in [0.1, 0.15) is 42.0 Å². The third-order valence-electron chi connectivity index (χ3n) is 6.88. The van der Waals surface area contributed by atoms with Crippen molar-refractivity contribution >= 4 is 17.6 Å². The molecule has 1 saturated heterocycles. The molecular formula is C31H35FN2O3. The van der Waals surface area contributed by atoms with Gasteiger partial charge < -0.3 is 14.5 Å². The first kappa shape index (κ1) is 26.4. The molecular weight excluding hydrogens is 467 g/mol. The molecule has 37 heavy (non-hydrogen) atoms. The molecule has 5 nitrogen and oxygen atoms in total. The molecule has 1 fully saturated rings. The zero-order valence-corrected chi connectivity index (χ0v) is 21.7. The van der Waals surface area contributed by atoms with Gasteiger partial charge in [-0.25, -0.2) is 4.39 Å². The predicted octanol–water partition coefficient (Wildman–Crippen LogP) is 5.69. The first-order chi connectivity index (χ1) is 17.9. The molecule has 3 aromatic carbocycles. The third-order valence-corrected chi connectivity index (χ3v) is 6.88. The lowest BCUT2D eigenvalue weighted by Gasteiger charge is -2.31. The van der Waals surface area contributed by atoms with E-state index >= 15 is 0 Å². The number of piperidine rings is 1. The van der Waals surface area contributed by atoms with Crippen LogP contribution in [-0.4, -0.2) is 36.5 Å². The molecule has 0 aliphatic carbocycles. The van der Waals surface area contributed by atoms with Gasteiger partial charge in [0.1, 0.15) is 5.82 Å². The summed E-state index contributed by atoms with van der Waals surface area (Å²) < 4.78 is 19.0. The Morgan fingerprint density at radius 3 is 2.22 bits per heavy atom. The second-order valence-electron chi connectivity index (χ2n) is 9.72. The number of carbonyl (C=O) groups excluding carboxylic acids is 2. The molecule has 4 rings (SSSR count). The standard InChI is InChI=1S/C31H35FN2O3/c1-3-37-31(36)27-15-17-33(18-16-27)30(35)20-24-11-13-29(14-12-24)34(21-25-9-7-23(2)8-10-25)22-26-5-4-6-28(32)19-26/h4-14,19,27H,3,15-18,20-22H2,1-2H3. The van der Waals surface area contributed by atoms with Crippen molar-refractivity contribution in [2.45, 2.75) is 46.2 Å². The highest BCUT2D eigenvalue weighted by atomic mass is 19.1. The summed E-state index contributed by atoms with van der Waals surface area (Å²) in [4.78, 5) is 28.9. The molecule has 0 saturated carbocycles. The van der Waals surface area contributed by atoms with E-state index in [4.69, 9.17) is 4.74 Å². The molecule has 0 atom stereocenters. The molecule has 1 aliphatic rings. The summed E-state index contributed by atoms with van der Waals surface area (Å²) in [6.45, 7) is 6.68. The van der Waals surface area contributed by atoms with Crippen LogP contribution < -0.4 is 4.90 Å². The van der Waals surface area contributed by atoms with Crippen LogP contribution in [0.2, 0.25) is 0 Å². The number of amides is 1. The van der Waals surface area contributed by atoms with E-state index in [1.807, 2.05) is 42.2 Å². The molecule has 0 radical (unpaired) electrons. The third kappa shape index (κ3) is 7.42. The van der Waals surface area contributed by atoms with Crippen molar-refractivity contribution in [1.29, 1.82) is 0 Å². The molecule has 0 bridgehead atoms. The van der Waals surface area contributed by atoms with Gasteiger partial charge in [-0.1, -0.05) is 54.1 Å². The Morgan fingerprint density at radius 2 is 1.57 bits per heavy atom. The average Bonchev–Trinajstić information content (AvgIpc) is 2.90. The number of carbonyl (C=O) groups is 2. The first-order valence-corrected chi connectivity index (χ1v) is 13.0. The van der Waals surface area contributed by atoms with Gasteiger partial charge in [0.05, 0.1) is 18.9 Å². The molecule has 194 valence electrons. The van der Waals surface area contributed by atoms with Crippen molar-refractivity contribution < 1.29 is 18.7 Å². The number of anilines is 1. The Bertz CT molecular complexity index is 1190. The number of hydrogen-bond donors (Lipinski definition) is 0. The highest BCUT2D eigenvalue weighted by Crippen LogP contribution is 2.23. The number of rotatable bonds is 9. The molecule has 0 aromatic heterocycles. The van der Waals surface area contributed by atoms with E-state index in [1.54, 1.807) is 12.1 Å². The van der Waals surface area contributed by atoms with Crippen molar-refractivity contribution in [3.05, 3.63) is 101 Å². The monoisotopic (exact) mass is 502 g/mol. The van der Waals surface area contributed by atoms with E-state index in [0.717, 1.165) is 16.8 Å². The van der Waals surface area contributed by atoms with Crippen LogP contribution in [0.3, 0.4) is 0 Å². The van der Waals surface area contributed by atoms with E-state index in [9.17, 15) is 14.0 Å². The summed E-state index contributed by atoms with van der Waals surface area (Å²) in [5.74, 6) is -0.432. The summed E-state index contributed by atoms with van der Waals surface area (Å²) in [5.41, 5.74) is 5.24. The Hall–Kier alpha value is -3.67. The van der Waals surface area contributed by atoms with E-state index in [0.29, 0.717) is 52.0 Å². The highest BCUT2D eigenvalue weighted by Gasteiger charge is 2.28. The maximum atomic E-state index is 13.8. The van der Waals surface area contributed by atoms with Crippen molar-refractivity contribution in [2.24, 2.45) is 5.92 Å². The second-order valence-corrected chi connectivity index (χ2v) is 9.72. The van der Waals surface area contributed by atoms with Crippen LogP contribution >= 0.6 is 0 Å². The Kier molecular flexibility index (Phi) is 8.94. The van der Waals surface area contributed by atoms with Gasteiger partial charge in [0.25, 0.3) is 0 Å². The predicted molar refractivity (Wildman–Crippen MR) is 144 cm³/mol. The summed E-state index contributed by atoms with van der Waals surface area (Å²) >= 11 is 0. The summed E-state index contributed by atoms with van der Waals surface area (Å²) in [6.07, 6.45) is 1.63. The van der Waals surface area contributed by atoms with Crippen LogP contribution in [0.4, 0.5) is 10.1 Å². The summed E-state index contributed by atoms with van der Waals surface area (Å²) in [5, 5.41) is 0. The molecule has 3 aromatic rings. The van der Waals surface area contributed by atoms with Crippen LogP contribution in [0, 0.1) is 18.7 Å². The van der Waals surface area contributed by atoms with Gasteiger partial charge in [0, 0.05) is 31.9 Å². The largest absolute Gasteiger partial charge is 0.466 e. The van der Waals surface area contributed by atoms with Gasteiger partial charge in [-0.2, -0.15) is 0 Å². The van der Waals surface area contributed by atoms with Crippen molar-refractivity contribution in [2.75, 3.05) is 24.6 Å². The lowest BCUT2D eigenvalue weighted by atomic mass is 9.96. The normalized spacial score (nSPS) is 13.9. The molecule has 1 aliphatic heterocycles. The molecule has 1 heterocycles. The number of esters is 1. The van der Waals surface area contributed by atoms with Crippen LogP contribution in [0.25, 0.3) is 0 Å². The second kappa shape index (κ2) is 12.5. The summed E-state index contributed by atoms with van der Waals surface area (Å²) in [6, 6.07) is 23.2. The van der Waals surface area contributed by atoms with Gasteiger partial charge >= 0.3 is 5.97 Å². The van der Waals surface area contributed by atoms with Crippen molar-refractivity contribution in [3.8, 4) is 0 Å². The van der Waals surface area contributed by atoms with Gasteiger partial charge in [-0.05, 0) is 67.6 Å². The number of hydrogen-bond acceptors (Lipinski definition) is 4. The summed E-state index contributed by atoms with van der Waals surface area (Å²) in [7, 11) is 0. The van der Waals surface area contributed by atoms with Gasteiger partial charge in [-0.3, -0.25) is 9.59 Å². The minimum atomic E-state index is -0.243. The Labute approximate surface area is 218 Å².